The standard InChI is InChI=1S/C25H32N4O2/c1-18-3-7-20(8-4-18)26-24(30)16-28-14-13-23(15-28)29(22-11-12-22)17-25(31)27-21-9-5-19(2)6-10-21/h3-10,22-23H,11-17H2,1-2H3,(H,26,30)(H,27,31)/t23-/m0/s1. The van der Waals surface area contributed by atoms with Gasteiger partial charge >= 0.3 is 0 Å². The van der Waals surface area contributed by atoms with Gasteiger partial charge < -0.3 is 10.6 Å². The minimum Gasteiger partial charge on any atom is -0.325 e. The van der Waals surface area contributed by atoms with Gasteiger partial charge in [-0.25, -0.2) is 0 Å². The molecular formula is C25H32N4O2. The first-order valence-electron chi connectivity index (χ1n) is 11.2. The lowest BCUT2D eigenvalue weighted by Crippen LogP contribution is -2.44. The first-order valence-corrected chi connectivity index (χ1v) is 11.2. The number of carbonyl (C=O) groups is 2. The smallest absolute Gasteiger partial charge is 0.238 e. The third-order valence-corrected chi connectivity index (χ3v) is 6.10. The third kappa shape index (κ3) is 6.15. The Kier molecular flexibility index (Phi) is 6.68. The highest BCUT2D eigenvalue weighted by molar-refractivity contribution is 5.93. The fourth-order valence-corrected chi connectivity index (χ4v) is 4.23. The van der Waals surface area contributed by atoms with Crippen molar-refractivity contribution in [1.82, 2.24) is 9.80 Å². The number of aryl methyl sites for hydroxylation is 2. The number of likely N-dealkylation sites (tertiary alicyclic amines) is 1. The fraction of sp³-hybridized carbons (Fsp3) is 0.440. The van der Waals surface area contributed by atoms with E-state index >= 15 is 0 Å². The molecule has 1 saturated carbocycles. The summed E-state index contributed by atoms with van der Waals surface area (Å²) in [6.07, 6.45) is 3.30. The van der Waals surface area contributed by atoms with Crippen molar-refractivity contribution < 1.29 is 9.59 Å². The van der Waals surface area contributed by atoms with Gasteiger partial charge in [0.05, 0.1) is 13.1 Å². The van der Waals surface area contributed by atoms with Crippen molar-refractivity contribution in [2.45, 2.75) is 45.2 Å². The Morgan fingerprint density at radius 2 is 1.39 bits per heavy atom. The van der Waals surface area contributed by atoms with Gasteiger partial charge in [-0.1, -0.05) is 35.4 Å². The zero-order chi connectivity index (χ0) is 21.8. The van der Waals surface area contributed by atoms with Gasteiger partial charge in [-0.15, -0.1) is 0 Å². The summed E-state index contributed by atoms with van der Waals surface area (Å²) in [4.78, 5) is 29.6. The van der Waals surface area contributed by atoms with Crippen LogP contribution in [-0.2, 0) is 9.59 Å². The number of anilines is 2. The summed E-state index contributed by atoms with van der Waals surface area (Å²) in [5, 5.41) is 6.00. The van der Waals surface area contributed by atoms with E-state index in [1.807, 2.05) is 62.4 Å². The van der Waals surface area contributed by atoms with Crippen molar-refractivity contribution in [3.63, 3.8) is 0 Å². The van der Waals surface area contributed by atoms with Crippen molar-refractivity contribution in [3.8, 4) is 0 Å². The summed E-state index contributed by atoms with van der Waals surface area (Å²) in [5.74, 6) is 0.0471. The van der Waals surface area contributed by atoms with Crippen LogP contribution in [-0.4, -0.2) is 59.9 Å². The molecule has 1 heterocycles. The number of hydrogen-bond acceptors (Lipinski definition) is 4. The van der Waals surface area contributed by atoms with Crippen molar-refractivity contribution in [2.75, 3.05) is 36.8 Å². The van der Waals surface area contributed by atoms with Gasteiger partial charge in [-0.2, -0.15) is 0 Å². The van der Waals surface area contributed by atoms with Crippen LogP contribution in [0.25, 0.3) is 0 Å². The maximum Gasteiger partial charge on any atom is 0.238 e. The second-order valence-electron chi connectivity index (χ2n) is 8.91. The van der Waals surface area contributed by atoms with E-state index in [2.05, 4.69) is 20.4 Å². The van der Waals surface area contributed by atoms with Gasteiger partial charge in [0.2, 0.25) is 11.8 Å². The lowest BCUT2D eigenvalue weighted by molar-refractivity contribution is -0.119. The molecule has 2 aromatic rings. The fourth-order valence-electron chi connectivity index (χ4n) is 4.23. The topological polar surface area (TPSA) is 64.7 Å². The summed E-state index contributed by atoms with van der Waals surface area (Å²) in [7, 11) is 0. The van der Waals surface area contributed by atoms with Crippen LogP contribution >= 0.6 is 0 Å². The van der Waals surface area contributed by atoms with Crippen LogP contribution in [0.5, 0.6) is 0 Å². The zero-order valence-electron chi connectivity index (χ0n) is 18.4. The van der Waals surface area contributed by atoms with Gasteiger partial charge in [0.1, 0.15) is 0 Å². The lowest BCUT2D eigenvalue weighted by atomic mass is 10.2. The molecule has 6 nitrogen and oxygen atoms in total. The molecule has 1 aliphatic carbocycles. The van der Waals surface area contributed by atoms with Crippen molar-refractivity contribution >= 4 is 23.2 Å². The zero-order valence-corrected chi connectivity index (χ0v) is 18.4. The van der Waals surface area contributed by atoms with Gasteiger partial charge in [-0.05, 0) is 57.4 Å². The molecule has 2 fully saturated rings. The third-order valence-electron chi connectivity index (χ3n) is 6.10. The Balaban J connectivity index is 1.27. The second-order valence-corrected chi connectivity index (χ2v) is 8.91. The maximum absolute atomic E-state index is 12.7. The van der Waals surface area contributed by atoms with Crippen LogP contribution in [0.15, 0.2) is 48.5 Å². The minimum atomic E-state index is 0.0135. The quantitative estimate of drug-likeness (QED) is 0.687. The molecule has 0 spiro atoms. The average Bonchev–Trinajstić information content (AvgIpc) is 3.48. The summed E-state index contributed by atoms with van der Waals surface area (Å²) in [6, 6.07) is 16.6. The highest BCUT2D eigenvalue weighted by atomic mass is 16.2. The van der Waals surface area contributed by atoms with E-state index < -0.39 is 0 Å². The Hall–Kier alpha value is -2.70. The summed E-state index contributed by atoms with van der Waals surface area (Å²) >= 11 is 0. The first kappa shape index (κ1) is 21.5. The molecule has 4 rings (SSSR count). The molecule has 2 aliphatic rings. The summed E-state index contributed by atoms with van der Waals surface area (Å²) in [5.41, 5.74) is 4.02. The number of hydrogen-bond donors (Lipinski definition) is 2. The molecule has 164 valence electrons. The van der Waals surface area contributed by atoms with Gasteiger partial charge in [0.25, 0.3) is 0 Å². The number of amides is 2. The average molecular weight is 421 g/mol. The van der Waals surface area contributed by atoms with E-state index in [1.165, 1.54) is 11.1 Å². The van der Waals surface area contributed by atoms with E-state index in [9.17, 15) is 9.59 Å². The molecule has 2 aromatic carbocycles. The van der Waals surface area contributed by atoms with Crippen LogP contribution < -0.4 is 10.6 Å². The molecule has 0 unspecified atom stereocenters. The van der Waals surface area contributed by atoms with E-state index in [4.69, 9.17) is 0 Å². The monoisotopic (exact) mass is 420 g/mol. The normalized spacial score (nSPS) is 18.9. The molecule has 0 radical (unpaired) electrons. The highest BCUT2D eigenvalue weighted by Crippen LogP contribution is 2.31. The molecule has 6 heteroatoms. The molecule has 1 aliphatic heterocycles. The van der Waals surface area contributed by atoms with Crippen LogP contribution in [0.1, 0.15) is 30.4 Å². The molecule has 1 saturated heterocycles. The van der Waals surface area contributed by atoms with E-state index in [0.29, 0.717) is 25.2 Å². The number of nitrogens with zero attached hydrogens (tertiary/aromatic N) is 2. The van der Waals surface area contributed by atoms with E-state index in [1.54, 1.807) is 0 Å². The molecule has 2 N–H and O–H groups in total. The van der Waals surface area contributed by atoms with Crippen molar-refractivity contribution in [1.29, 1.82) is 0 Å². The molecule has 2 amide bonds. The Morgan fingerprint density at radius 1 is 0.839 bits per heavy atom. The van der Waals surface area contributed by atoms with Crippen molar-refractivity contribution in [2.24, 2.45) is 0 Å². The molecular weight excluding hydrogens is 388 g/mol. The van der Waals surface area contributed by atoms with Gasteiger partial charge in [0.15, 0.2) is 0 Å². The molecule has 31 heavy (non-hydrogen) atoms. The predicted molar refractivity (Wildman–Crippen MR) is 124 cm³/mol. The number of carbonyl (C=O) groups excluding carboxylic acids is 2. The van der Waals surface area contributed by atoms with Crippen LogP contribution in [0.3, 0.4) is 0 Å². The van der Waals surface area contributed by atoms with Crippen LogP contribution in [0.2, 0.25) is 0 Å². The Labute approximate surface area is 184 Å². The molecule has 0 aromatic heterocycles. The predicted octanol–water partition coefficient (Wildman–Crippen LogP) is 3.42. The molecule has 1 atom stereocenters. The highest BCUT2D eigenvalue weighted by Gasteiger charge is 2.38. The lowest BCUT2D eigenvalue weighted by Gasteiger charge is -2.28. The first-order chi connectivity index (χ1) is 15.0. The minimum absolute atomic E-state index is 0.0135. The number of benzene rings is 2. The number of rotatable bonds is 8. The summed E-state index contributed by atoms with van der Waals surface area (Å²) < 4.78 is 0. The SMILES string of the molecule is Cc1ccc(NC(=O)CN2CC[C@H](N(CC(=O)Nc3ccc(C)cc3)C3CC3)C2)cc1. The van der Waals surface area contributed by atoms with Crippen molar-refractivity contribution in [3.05, 3.63) is 59.7 Å². The largest absolute Gasteiger partial charge is 0.325 e. The van der Waals surface area contributed by atoms with Crippen LogP contribution in [0.4, 0.5) is 11.4 Å². The Morgan fingerprint density at radius 3 is 1.94 bits per heavy atom. The Bertz CT molecular complexity index is 906. The van der Waals surface area contributed by atoms with E-state index in [-0.39, 0.29) is 11.8 Å². The van der Waals surface area contributed by atoms with Gasteiger partial charge in [0, 0.05) is 36.5 Å². The maximum atomic E-state index is 12.7. The second kappa shape index (κ2) is 9.62. The number of nitrogens with one attached hydrogen (secondary N) is 2. The summed E-state index contributed by atoms with van der Waals surface area (Å²) in [6.45, 7) is 6.57. The van der Waals surface area contributed by atoms with E-state index in [0.717, 1.165) is 43.7 Å². The molecule has 0 bridgehead atoms. The van der Waals surface area contributed by atoms with Crippen LogP contribution in [0, 0.1) is 13.8 Å². The van der Waals surface area contributed by atoms with Gasteiger partial charge in [-0.3, -0.25) is 19.4 Å².